The molecule has 108 valence electrons. The number of carboxylic acids is 1. The van der Waals surface area contributed by atoms with Crippen molar-refractivity contribution in [3.63, 3.8) is 0 Å². The molecule has 22 heavy (non-hydrogen) atoms. The van der Waals surface area contributed by atoms with E-state index in [1.54, 1.807) is 11.5 Å². The number of rotatable bonds is 2. The molecule has 0 amide bonds. The quantitative estimate of drug-likeness (QED) is 0.614. The van der Waals surface area contributed by atoms with Crippen LogP contribution in [0.5, 0.6) is 0 Å². The first kappa shape index (κ1) is 12.8. The lowest BCUT2D eigenvalue weighted by Crippen LogP contribution is -2.15. The van der Waals surface area contributed by atoms with E-state index in [0.29, 0.717) is 5.65 Å². The first-order valence-electron chi connectivity index (χ1n) is 7.05. The van der Waals surface area contributed by atoms with Crippen LogP contribution in [0.1, 0.15) is 13.0 Å². The Balaban J connectivity index is 2.23. The highest BCUT2D eigenvalue weighted by atomic mass is 16.4. The third-order valence-corrected chi connectivity index (χ3v) is 3.94. The number of fused-ring (bicyclic) bond motifs is 4. The summed E-state index contributed by atoms with van der Waals surface area (Å²) < 4.78 is 1.74. The van der Waals surface area contributed by atoms with E-state index < -0.39 is 12.0 Å². The van der Waals surface area contributed by atoms with Gasteiger partial charge in [0.2, 0.25) is 0 Å². The van der Waals surface area contributed by atoms with Crippen molar-refractivity contribution in [1.29, 1.82) is 0 Å². The first-order valence-corrected chi connectivity index (χ1v) is 7.05. The maximum absolute atomic E-state index is 11.5. The summed E-state index contributed by atoms with van der Waals surface area (Å²) >= 11 is 0. The molecule has 1 N–H and O–H groups in total. The van der Waals surface area contributed by atoms with Crippen LogP contribution < -0.4 is 0 Å². The summed E-state index contributed by atoms with van der Waals surface area (Å²) in [5, 5.41) is 10.3. The van der Waals surface area contributed by atoms with Gasteiger partial charge in [-0.1, -0.05) is 30.3 Å². The molecular formula is C17H13N3O2. The minimum atomic E-state index is -0.891. The molecule has 4 aromatic rings. The normalized spacial score (nSPS) is 13.0. The van der Waals surface area contributed by atoms with Gasteiger partial charge in [-0.15, -0.1) is 0 Å². The summed E-state index contributed by atoms with van der Waals surface area (Å²) in [5.74, 6) is -0.891. The van der Waals surface area contributed by atoms with Crippen molar-refractivity contribution in [2.45, 2.75) is 13.0 Å². The summed E-state index contributed by atoms with van der Waals surface area (Å²) in [6.07, 6.45) is 0. The monoisotopic (exact) mass is 291 g/mol. The highest BCUT2D eigenvalue weighted by molar-refractivity contribution is 6.07. The van der Waals surface area contributed by atoms with Gasteiger partial charge >= 0.3 is 5.97 Å². The predicted octanol–water partition coefficient (Wildman–Crippen LogP) is 3.38. The summed E-state index contributed by atoms with van der Waals surface area (Å²) in [5.41, 5.74) is 3.75. The van der Waals surface area contributed by atoms with E-state index in [0.717, 1.165) is 27.5 Å². The van der Waals surface area contributed by atoms with E-state index in [1.807, 2.05) is 48.5 Å². The lowest BCUT2D eigenvalue weighted by Gasteiger charge is -2.11. The van der Waals surface area contributed by atoms with Crippen molar-refractivity contribution in [3.8, 4) is 0 Å². The van der Waals surface area contributed by atoms with Crippen molar-refractivity contribution < 1.29 is 9.90 Å². The number of aliphatic carboxylic acids is 1. The molecule has 0 radical (unpaired) electrons. The summed E-state index contributed by atoms with van der Waals surface area (Å²) in [7, 11) is 0. The molecule has 0 saturated carbocycles. The van der Waals surface area contributed by atoms with Crippen LogP contribution in [0.2, 0.25) is 0 Å². The van der Waals surface area contributed by atoms with Gasteiger partial charge in [0.25, 0.3) is 0 Å². The Bertz CT molecular complexity index is 1040. The van der Waals surface area contributed by atoms with E-state index in [-0.39, 0.29) is 0 Å². The molecule has 0 aliphatic rings. The van der Waals surface area contributed by atoms with Crippen LogP contribution in [-0.2, 0) is 4.79 Å². The standard InChI is InChI=1S/C17H13N3O2/c1-10(17(21)22)20-14-9-5-2-6-11(14)15-16(20)19-13-8-4-3-7-12(13)18-15/h2-10H,1H3,(H,21,22)/t10-/m0/s1. The number of carboxylic acid groups (broad SMARTS) is 1. The maximum atomic E-state index is 11.5. The van der Waals surface area contributed by atoms with Crippen LogP contribution in [0, 0.1) is 0 Å². The summed E-state index contributed by atoms with van der Waals surface area (Å²) in [4.78, 5) is 20.8. The van der Waals surface area contributed by atoms with Gasteiger partial charge in [-0.2, -0.15) is 0 Å². The van der Waals surface area contributed by atoms with E-state index in [2.05, 4.69) is 4.98 Å². The molecule has 2 aromatic carbocycles. The number of nitrogens with zero attached hydrogens (tertiary/aromatic N) is 3. The fourth-order valence-electron chi connectivity index (χ4n) is 2.84. The molecule has 4 rings (SSSR count). The molecule has 2 heterocycles. The molecule has 2 aromatic heterocycles. The Kier molecular flexibility index (Phi) is 2.63. The summed E-state index contributed by atoms with van der Waals surface area (Å²) in [6, 6.07) is 14.6. The fraction of sp³-hybridized carbons (Fsp3) is 0.118. The smallest absolute Gasteiger partial charge is 0.326 e. The molecule has 0 unspecified atom stereocenters. The molecule has 0 aliphatic heterocycles. The SMILES string of the molecule is C[C@@H](C(=O)O)n1c2ccccc2c2nc3ccccc3nc21. The Morgan fingerprint density at radius 3 is 2.41 bits per heavy atom. The second-order valence-corrected chi connectivity index (χ2v) is 5.29. The number of para-hydroxylation sites is 3. The topological polar surface area (TPSA) is 68.0 Å². The Morgan fingerprint density at radius 1 is 1.05 bits per heavy atom. The van der Waals surface area contributed by atoms with E-state index >= 15 is 0 Å². The Morgan fingerprint density at radius 2 is 1.68 bits per heavy atom. The molecule has 5 nitrogen and oxygen atoms in total. The van der Waals surface area contributed by atoms with Gasteiger partial charge in [0.1, 0.15) is 11.6 Å². The molecule has 0 aliphatic carbocycles. The zero-order chi connectivity index (χ0) is 15.3. The summed E-state index contributed by atoms with van der Waals surface area (Å²) in [6.45, 7) is 1.66. The fourth-order valence-corrected chi connectivity index (χ4v) is 2.84. The van der Waals surface area contributed by atoms with Crippen molar-refractivity contribution in [3.05, 3.63) is 48.5 Å². The average molecular weight is 291 g/mol. The van der Waals surface area contributed by atoms with Gasteiger partial charge in [0.15, 0.2) is 5.65 Å². The number of hydrogen-bond acceptors (Lipinski definition) is 3. The van der Waals surface area contributed by atoms with E-state index in [4.69, 9.17) is 4.98 Å². The van der Waals surface area contributed by atoms with E-state index in [1.165, 1.54) is 0 Å². The lowest BCUT2D eigenvalue weighted by atomic mass is 10.2. The van der Waals surface area contributed by atoms with Gasteiger partial charge in [0, 0.05) is 5.39 Å². The van der Waals surface area contributed by atoms with Gasteiger partial charge < -0.3 is 9.67 Å². The molecule has 0 saturated heterocycles. The third kappa shape index (κ3) is 1.69. The molecule has 1 atom stereocenters. The van der Waals surface area contributed by atoms with Gasteiger partial charge in [-0.3, -0.25) is 0 Å². The molecule has 0 fully saturated rings. The van der Waals surface area contributed by atoms with E-state index in [9.17, 15) is 9.90 Å². The highest BCUT2D eigenvalue weighted by Gasteiger charge is 2.21. The average Bonchev–Trinajstić information content (AvgIpc) is 2.85. The van der Waals surface area contributed by atoms with Gasteiger partial charge in [-0.25, -0.2) is 14.8 Å². The van der Waals surface area contributed by atoms with Gasteiger partial charge in [-0.05, 0) is 25.1 Å². The maximum Gasteiger partial charge on any atom is 0.326 e. The minimum absolute atomic E-state index is 0.606. The highest BCUT2D eigenvalue weighted by Crippen LogP contribution is 2.30. The number of hydrogen-bond donors (Lipinski definition) is 1. The predicted molar refractivity (Wildman–Crippen MR) is 84.9 cm³/mol. The zero-order valence-electron chi connectivity index (χ0n) is 11.9. The van der Waals surface area contributed by atoms with Crippen LogP contribution in [-0.4, -0.2) is 25.6 Å². The van der Waals surface area contributed by atoms with Crippen LogP contribution in [0.4, 0.5) is 0 Å². The Hall–Kier alpha value is -2.95. The second kappa shape index (κ2) is 4.53. The largest absolute Gasteiger partial charge is 0.480 e. The molecular weight excluding hydrogens is 278 g/mol. The van der Waals surface area contributed by atoms with Crippen molar-refractivity contribution in [2.75, 3.05) is 0 Å². The molecule has 0 bridgehead atoms. The zero-order valence-corrected chi connectivity index (χ0v) is 11.9. The molecule has 5 heteroatoms. The minimum Gasteiger partial charge on any atom is -0.480 e. The van der Waals surface area contributed by atoms with Gasteiger partial charge in [0.05, 0.1) is 16.6 Å². The third-order valence-electron chi connectivity index (χ3n) is 3.94. The number of benzene rings is 2. The van der Waals surface area contributed by atoms with Crippen LogP contribution in [0.25, 0.3) is 33.1 Å². The number of carbonyl (C=O) groups is 1. The van der Waals surface area contributed by atoms with Crippen molar-refractivity contribution in [2.24, 2.45) is 0 Å². The number of aromatic nitrogens is 3. The Labute approximate surface area is 125 Å². The lowest BCUT2D eigenvalue weighted by molar-refractivity contribution is -0.140. The van der Waals surface area contributed by atoms with Crippen LogP contribution in [0.15, 0.2) is 48.5 Å². The van der Waals surface area contributed by atoms with Crippen LogP contribution in [0.3, 0.4) is 0 Å². The van der Waals surface area contributed by atoms with Crippen molar-refractivity contribution >= 4 is 39.1 Å². The first-order chi connectivity index (χ1) is 10.7. The molecule has 0 spiro atoms. The second-order valence-electron chi connectivity index (χ2n) is 5.29. The van der Waals surface area contributed by atoms with Crippen molar-refractivity contribution in [1.82, 2.24) is 14.5 Å². The van der Waals surface area contributed by atoms with Crippen LogP contribution >= 0.6 is 0 Å².